The fourth-order valence-corrected chi connectivity index (χ4v) is 2.64. The van der Waals surface area contributed by atoms with E-state index in [0.29, 0.717) is 23.2 Å². The molecule has 2 unspecified atom stereocenters. The lowest BCUT2D eigenvalue weighted by Gasteiger charge is -2.15. The third-order valence-electron chi connectivity index (χ3n) is 3.54. The summed E-state index contributed by atoms with van der Waals surface area (Å²) < 4.78 is 5.51. The zero-order valence-corrected chi connectivity index (χ0v) is 12.6. The molecule has 112 valence electrons. The molecule has 0 saturated carbocycles. The van der Waals surface area contributed by atoms with Gasteiger partial charge in [-0.05, 0) is 50.7 Å². The highest BCUT2D eigenvalue weighted by molar-refractivity contribution is 6.30. The Balaban J connectivity index is 1.59. The molecule has 1 aliphatic heterocycles. The number of ether oxygens (including phenoxy) is 1. The molecule has 1 aromatic rings. The van der Waals surface area contributed by atoms with Crippen LogP contribution < -0.4 is 10.1 Å². The van der Waals surface area contributed by atoms with Crippen LogP contribution in [0.25, 0.3) is 0 Å². The minimum Gasteiger partial charge on any atom is -0.491 e. The predicted molar refractivity (Wildman–Crippen MR) is 81.4 cm³/mol. The number of likely N-dealkylation sites (tertiary alicyclic amines) is 1. The summed E-state index contributed by atoms with van der Waals surface area (Å²) in [4.78, 5) is 2.34. The summed E-state index contributed by atoms with van der Waals surface area (Å²) in [6.07, 6.45) is 0.728. The second-order valence-corrected chi connectivity index (χ2v) is 5.93. The molecule has 2 rings (SSSR count). The Labute approximate surface area is 125 Å². The lowest BCUT2D eigenvalue weighted by atomic mass is 10.1. The van der Waals surface area contributed by atoms with Crippen molar-refractivity contribution in [3.8, 4) is 5.75 Å². The van der Waals surface area contributed by atoms with Crippen LogP contribution in [-0.4, -0.2) is 55.9 Å². The second kappa shape index (κ2) is 7.84. The summed E-state index contributed by atoms with van der Waals surface area (Å²) in [7, 11) is 2.15. The van der Waals surface area contributed by atoms with Gasteiger partial charge in [0.25, 0.3) is 0 Å². The molecule has 2 N–H and O–H groups in total. The average Bonchev–Trinajstić information content (AvgIpc) is 2.82. The van der Waals surface area contributed by atoms with E-state index in [1.54, 1.807) is 12.1 Å². The van der Waals surface area contributed by atoms with E-state index < -0.39 is 6.10 Å². The Bertz CT molecular complexity index is 417. The van der Waals surface area contributed by atoms with E-state index in [4.69, 9.17) is 16.3 Å². The topological polar surface area (TPSA) is 44.7 Å². The number of nitrogens with zero attached hydrogens (tertiary/aromatic N) is 1. The quantitative estimate of drug-likeness (QED) is 0.803. The number of nitrogens with one attached hydrogen (secondary N) is 1. The van der Waals surface area contributed by atoms with E-state index in [-0.39, 0.29) is 6.61 Å². The number of hydrogen-bond acceptors (Lipinski definition) is 4. The van der Waals surface area contributed by atoms with E-state index in [1.165, 1.54) is 13.0 Å². The Kier molecular flexibility index (Phi) is 6.10. The summed E-state index contributed by atoms with van der Waals surface area (Å²) >= 11 is 5.87. The molecule has 1 aromatic carbocycles. The van der Waals surface area contributed by atoms with Crippen LogP contribution in [0.1, 0.15) is 6.42 Å². The standard InChI is InChI=1S/C15H23ClN2O2/c1-18-6-5-12(10-18)8-17-9-14(19)11-20-15-4-2-3-13(16)7-15/h2-4,7,12,14,17,19H,5-6,8-11H2,1H3. The molecule has 0 aliphatic carbocycles. The van der Waals surface area contributed by atoms with Gasteiger partial charge in [0.15, 0.2) is 0 Å². The van der Waals surface area contributed by atoms with Gasteiger partial charge < -0.3 is 20.1 Å². The van der Waals surface area contributed by atoms with Crippen molar-refractivity contribution in [1.82, 2.24) is 10.2 Å². The van der Waals surface area contributed by atoms with E-state index in [9.17, 15) is 5.11 Å². The minimum atomic E-state index is -0.506. The Morgan fingerprint density at radius 1 is 1.55 bits per heavy atom. The zero-order valence-electron chi connectivity index (χ0n) is 11.9. The van der Waals surface area contributed by atoms with E-state index in [1.807, 2.05) is 12.1 Å². The third-order valence-corrected chi connectivity index (χ3v) is 3.78. The van der Waals surface area contributed by atoms with Gasteiger partial charge in [0.1, 0.15) is 18.5 Å². The van der Waals surface area contributed by atoms with Crippen molar-refractivity contribution < 1.29 is 9.84 Å². The molecule has 1 saturated heterocycles. The van der Waals surface area contributed by atoms with Crippen molar-refractivity contribution in [2.45, 2.75) is 12.5 Å². The Morgan fingerprint density at radius 2 is 2.40 bits per heavy atom. The summed E-state index contributed by atoms with van der Waals surface area (Å²) in [5, 5.41) is 13.8. The molecule has 1 heterocycles. The first-order chi connectivity index (χ1) is 9.63. The molecule has 2 atom stereocenters. The summed E-state index contributed by atoms with van der Waals surface area (Å²) in [6.45, 7) is 4.10. The molecule has 1 fully saturated rings. The van der Waals surface area contributed by atoms with E-state index in [2.05, 4.69) is 17.3 Å². The van der Waals surface area contributed by atoms with Crippen LogP contribution >= 0.6 is 11.6 Å². The smallest absolute Gasteiger partial charge is 0.120 e. The molecule has 5 heteroatoms. The first kappa shape index (κ1) is 15.6. The van der Waals surface area contributed by atoms with Gasteiger partial charge >= 0.3 is 0 Å². The van der Waals surface area contributed by atoms with Gasteiger partial charge in [0, 0.05) is 18.1 Å². The van der Waals surface area contributed by atoms with Crippen molar-refractivity contribution in [1.29, 1.82) is 0 Å². The zero-order chi connectivity index (χ0) is 14.4. The molecule has 0 spiro atoms. The molecule has 0 radical (unpaired) electrons. The van der Waals surface area contributed by atoms with Crippen LogP contribution in [0.15, 0.2) is 24.3 Å². The molecule has 0 aromatic heterocycles. The van der Waals surface area contributed by atoms with Gasteiger partial charge in [-0.25, -0.2) is 0 Å². The number of aliphatic hydroxyl groups is 1. The minimum absolute atomic E-state index is 0.276. The summed E-state index contributed by atoms with van der Waals surface area (Å²) in [5.41, 5.74) is 0. The predicted octanol–water partition coefficient (Wildman–Crippen LogP) is 1.62. The third kappa shape index (κ3) is 5.29. The summed E-state index contributed by atoms with van der Waals surface area (Å²) in [6, 6.07) is 7.21. The van der Waals surface area contributed by atoms with Crippen molar-refractivity contribution in [2.75, 3.05) is 39.8 Å². The first-order valence-corrected chi connectivity index (χ1v) is 7.47. The van der Waals surface area contributed by atoms with Crippen molar-refractivity contribution in [2.24, 2.45) is 5.92 Å². The van der Waals surface area contributed by atoms with Crippen LogP contribution in [0.5, 0.6) is 5.75 Å². The maximum Gasteiger partial charge on any atom is 0.120 e. The van der Waals surface area contributed by atoms with Gasteiger partial charge in [-0.1, -0.05) is 17.7 Å². The van der Waals surface area contributed by atoms with Crippen molar-refractivity contribution in [3.63, 3.8) is 0 Å². The van der Waals surface area contributed by atoms with Gasteiger partial charge in [-0.2, -0.15) is 0 Å². The summed E-state index contributed by atoms with van der Waals surface area (Å²) in [5.74, 6) is 1.38. The van der Waals surface area contributed by atoms with Gasteiger partial charge in [0.2, 0.25) is 0 Å². The van der Waals surface area contributed by atoms with Gasteiger partial charge in [-0.15, -0.1) is 0 Å². The molecular weight excluding hydrogens is 276 g/mol. The monoisotopic (exact) mass is 298 g/mol. The van der Waals surface area contributed by atoms with Gasteiger partial charge in [0.05, 0.1) is 0 Å². The van der Waals surface area contributed by atoms with Crippen LogP contribution in [0.2, 0.25) is 5.02 Å². The number of benzene rings is 1. The number of rotatable bonds is 7. The van der Waals surface area contributed by atoms with Crippen LogP contribution in [0, 0.1) is 5.92 Å². The average molecular weight is 299 g/mol. The van der Waals surface area contributed by atoms with E-state index in [0.717, 1.165) is 13.1 Å². The molecule has 0 amide bonds. The highest BCUT2D eigenvalue weighted by atomic mass is 35.5. The Hall–Kier alpha value is -0.810. The Morgan fingerprint density at radius 3 is 3.10 bits per heavy atom. The molecule has 1 aliphatic rings. The lowest BCUT2D eigenvalue weighted by molar-refractivity contribution is 0.105. The maximum absolute atomic E-state index is 9.87. The van der Waals surface area contributed by atoms with E-state index >= 15 is 0 Å². The second-order valence-electron chi connectivity index (χ2n) is 5.50. The largest absolute Gasteiger partial charge is 0.491 e. The fraction of sp³-hybridized carbons (Fsp3) is 0.600. The number of hydrogen-bond donors (Lipinski definition) is 2. The molecule has 0 bridgehead atoms. The number of halogens is 1. The van der Waals surface area contributed by atoms with Crippen LogP contribution in [0.3, 0.4) is 0 Å². The fourth-order valence-electron chi connectivity index (χ4n) is 2.46. The van der Waals surface area contributed by atoms with Crippen molar-refractivity contribution >= 4 is 11.6 Å². The normalized spacial score (nSPS) is 21.1. The first-order valence-electron chi connectivity index (χ1n) is 7.09. The van der Waals surface area contributed by atoms with Crippen LogP contribution in [-0.2, 0) is 0 Å². The van der Waals surface area contributed by atoms with Gasteiger partial charge in [-0.3, -0.25) is 0 Å². The molecular formula is C15H23ClN2O2. The van der Waals surface area contributed by atoms with Crippen molar-refractivity contribution in [3.05, 3.63) is 29.3 Å². The maximum atomic E-state index is 9.87. The highest BCUT2D eigenvalue weighted by Crippen LogP contribution is 2.17. The van der Waals surface area contributed by atoms with Crippen LogP contribution in [0.4, 0.5) is 0 Å². The highest BCUT2D eigenvalue weighted by Gasteiger charge is 2.19. The molecule has 4 nitrogen and oxygen atoms in total. The molecule has 20 heavy (non-hydrogen) atoms. The lowest BCUT2D eigenvalue weighted by Crippen LogP contribution is -2.34. The number of aliphatic hydroxyl groups excluding tert-OH is 1. The SMILES string of the molecule is CN1CCC(CNCC(O)COc2cccc(Cl)c2)C1.